The Morgan fingerprint density at radius 3 is 2.58 bits per heavy atom. The molecule has 162 valence electrons. The van der Waals surface area contributed by atoms with Gasteiger partial charge in [-0.15, -0.1) is 0 Å². The molecule has 3 heterocycles. The molecule has 8 heteroatoms. The standard InChI is InChI=1S/C23H27ClN6O/c1-15-19(13-26-29(15)4)22(31)30-11-5-6-17(14-30)21-20(12-25-23(27-21)28(2)3)16-7-9-18(24)10-8-16/h7-10,12-13,17H,5-6,11,14H2,1-4H3/t17-/m0/s1. The molecule has 7 nitrogen and oxygen atoms in total. The fourth-order valence-electron chi connectivity index (χ4n) is 4.03. The highest BCUT2D eigenvalue weighted by molar-refractivity contribution is 6.30. The zero-order valence-corrected chi connectivity index (χ0v) is 19.1. The van der Waals surface area contributed by atoms with Crippen LogP contribution in [0.1, 0.15) is 40.5 Å². The van der Waals surface area contributed by atoms with Gasteiger partial charge in [-0.25, -0.2) is 9.97 Å². The number of hydrogen-bond acceptors (Lipinski definition) is 5. The number of nitrogens with zero attached hydrogens (tertiary/aromatic N) is 6. The lowest BCUT2D eigenvalue weighted by Gasteiger charge is -2.33. The molecule has 1 atom stereocenters. The van der Waals surface area contributed by atoms with Crippen molar-refractivity contribution in [3.63, 3.8) is 0 Å². The van der Waals surface area contributed by atoms with E-state index in [4.69, 9.17) is 16.6 Å². The fraction of sp³-hybridized carbons (Fsp3) is 0.391. The van der Waals surface area contributed by atoms with Gasteiger partial charge in [-0.1, -0.05) is 23.7 Å². The van der Waals surface area contributed by atoms with Crippen LogP contribution in [0, 0.1) is 6.92 Å². The number of carbonyl (C=O) groups excluding carboxylic acids is 1. The van der Waals surface area contributed by atoms with Crippen molar-refractivity contribution in [2.45, 2.75) is 25.7 Å². The Hall–Kier alpha value is -2.93. The molecule has 1 aliphatic rings. The zero-order valence-electron chi connectivity index (χ0n) is 18.3. The Bertz CT molecular complexity index is 1090. The van der Waals surface area contributed by atoms with Crippen LogP contribution in [0.15, 0.2) is 36.7 Å². The Balaban J connectivity index is 1.68. The molecule has 0 spiro atoms. The lowest BCUT2D eigenvalue weighted by Crippen LogP contribution is -2.39. The topological polar surface area (TPSA) is 67.2 Å². The highest BCUT2D eigenvalue weighted by Gasteiger charge is 2.30. The van der Waals surface area contributed by atoms with Crippen molar-refractivity contribution in [3.8, 4) is 11.1 Å². The fourth-order valence-corrected chi connectivity index (χ4v) is 4.15. The van der Waals surface area contributed by atoms with Crippen LogP contribution in [-0.2, 0) is 7.05 Å². The summed E-state index contributed by atoms with van der Waals surface area (Å²) in [6.45, 7) is 3.29. The molecule has 0 saturated carbocycles. The van der Waals surface area contributed by atoms with Gasteiger partial charge in [-0.05, 0) is 37.5 Å². The van der Waals surface area contributed by atoms with E-state index in [1.54, 1.807) is 10.9 Å². The molecular formula is C23H27ClN6O. The van der Waals surface area contributed by atoms with Gasteiger partial charge in [0.1, 0.15) is 0 Å². The lowest BCUT2D eigenvalue weighted by molar-refractivity contribution is 0.0705. The summed E-state index contributed by atoms with van der Waals surface area (Å²) in [6.07, 6.45) is 5.44. The van der Waals surface area contributed by atoms with E-state index in [-0.39, 0.29) is 11.8 Å². The first-order valence-corrected chi connectivity index (χ1v) is 10.8. The first-order chi connectivity index (χ1) is 14.8. The van der Waals surface area contributed by atoms with Crippen molar-refractivity contribution in [3.05, 3.63) is 58.6 Å². The summed E-state index contributed by atoms with van der Waals surface area (Å²) in [4.78, 5) is 26.5. The molecule has 2 aromatic heterocycles. The minimum absolute atomic E-state index is 0.0326. The van der Waals surface area contributed by atoms with Gasteiger partial charge in [-0.3, -0.25) is 9.48 Å². The molecule has 1 amide bonds. The van der Waals surface area contributed by atoms with E-state index in [1.807, 2.05) is 68.3 Å². The van der Waals surface area contributed by atoms with Gasteiger partial charge < -0.3 is 9.80 Å². The van der Waals surface area contributed by atoms with Gasteiger partial charge in [-0.2, -0.15) is 5.10 Å². The summed E-state index contributed by atoms with van der Waals surface area (Å²) in [5.74, 6) is 0.826. The third kappa shape index (κ3) is 4.28. The van der Waals surface area contributed by atoms with Crippen molar-refractivity contribution in [1.29, 1.82) is 0 Å². The van der Waals surface area contributed by atoms with Crippen LogP contribution in [0.3, 0.4) is 0 Å². The predicted octanol–water partition coefficient (Wildman–Crippen LogP) is 3.92. The summed E-state index contributed by atoms with van der Waals surface area (Å²) < 4.78 is 1.74. The highest BCUT2D eigenvalue weighted by Crippen LogP contribution is 2.34. The minimum atomic E-state index is 0.0326. The van der Waals surface area contributed by atoms with Crippen molar-refractivity contribution >= 4 is 23.5 Å². The van der Waals surface area contributed by atoms with Gasteiger partial charge in [0, 0.05) is 62.6 Å². The highest BCUT2D eigenvalue weighted by atomic mass is 35.5. The molecule has 0 radical (unpaired) electrons. The van der Waals surface area contributed by atoms with Crippen molar-refractivity contribution in [1.82, 2.24) is 24.6 Å². The predicted molar refractivity (Wildman–Crippen MR) is 123 cm³/mol. The molecule has 0 bridgehead atoms. The van der Waals surface area contributed by atoms with Crippen molar-refractivity contribution in [2.24, 2.45) is 7.05 Å². The molecule has 3 aromatic rings. The maximum atomic E-state index is 13.2. The van der Waals surface area contributed by atoms with Crippen molar-refractivity contribution in [2.75, 3.05) is 32.1 Å². The Labute approximate surface area is 187 Å². The Morgan fingerprint density at radius 2 is 1.94 bits per heavy atom. The van der Waals surface area contributed by atoms with Crippen LogP contribution in [-0.4, -0.2) is 57.7 Å². The number of amides is 1. The Morgan fingerprint density at radius 1 is 1.19 bits per heavy atom. The van der Waals surface area contributed by atoms with Crippen LogP contribution in [0.5, 0.6) is 0 Å². The Kier molecular flexibility index (Phi) is 5.96. The summed E-state index contributed by atoms with van der Waals surface area (Å²) in [5.41, 5.74) is 4.53. The minimum Gasteiger partial charge on any atom is -0.347 e. The molecule has 0 unspecified atom stereocenters. The van der Waals surface area contributed by atoms with E-state index in [9.17, 15) is 4.79 Å². The largest absolute Gasteiger partial charge is 0.347 e. The molecule has 4 rings (SSSR count). The van der Waals surface area contributed by atoms with E-state index < -0.39 is 0 Å². The molecular weight excluding hydrogens is 412 g/mol. The number of anilines is 1. The molecule has 0 aliphatic carbocycles. The van der Waals surface area contributed by atoms with Crippen molar-refractivity contribution < 1.29 is 4.79 Å². The number of hydrogen-bond donors (Lipinski definition) is 0. The average molecular weight is 439 g/mol. The number of rotatable bonds is 4. The van der Waals surface area contributed by atoms with Gasteiger partial charge in [0.15, 0.2) is 0 Å². The molecule has 1 aromatic carbocycles. The summed E-state index contributed by atoms with van der Waals surface area (Å²) in [5, 5.41) is 4.93. The quantitative estimate of drug-likeness (QED) is 0.617. The van der Waals surface area contributed by atoms with Crippen LogP contribution in [0.4, 0.5) is 5.95 Å². The SMILES string of the molecule is Cc1c(C(=O)N2CCC[C@H](c3nc(N(C)C)ncc3-c3ccc(Cl)cc3)C2)cnn1C. The maximum Gasteiger partial charge on any atom is 0.257 e. The zero-order chi connectivity index (χ0) is 22.1. The maximum absolute atomic E-state index is 13.2. The number of carbonyl (C=O) groups is 1. The number of benzene rings is 1. The molecule has 1 saturated heterocycles. The van der Waals surface area contributed by atoms with Gasteiger partial charge in [0.25, 0.3) is 5.91 Å². The van der Waals surface area contributed by atoms with E-state index in [0.717, 1.165) is 41.9 Å². The second-order valence-electron chi connectivity index (χ2n) is 8.23. The monoisotopic (exact) mass is 438 g/mol. The normalized spacial score (nSPS) is 16.4. The summed E-state index contributed by atoms with van der Waals surface area (Å²) in [7, 11) is 5.72. The number of piperidine rings is 1. The number of aryl methyl sites for hydroxylation is 1. The van der Waals surface area contributed by atoms with E-state index in [0.29, 0.717) is 23.1 Å². The van der Waals surface area contributed by atoms with Crippen LogP contribution in [0.2, 0.25) is 5.02 Å². The van der Waals surface area contributed by atoms with Crippen LogP contribution >= 0.6 is 11.6 Å². The third-order valence-electron chi connectivity index (χ3n) is 5.92. The molecule has 0 N–H and O–H groups in total. The first kappa shape index (κ1) is 21.3. The molecule has 1 aliphatic heterocycles. The van der Waals surface area contributed by atoms with E-state index >= 15 is 0 Å². The summed E-state index contributed by atoms with van der Waals surface area (Å²) in [6, 6.07) is 7.74. The second-order valence-corrected chi connectivity index (χ2v) is 8.66. The first-order valence-electron chi connectivity index (χ1n) is 10.4. The van der Waals surface area contributed by atoms with Gasteiger partial charge >= 0.3 is 0 Å². The van der Waals surface area contributed by atoms with Gasteiger partial charge in [0.05, 0.1) is 17.5 Å². The van der Waals surface area contributed by atoms with E-state index in [2.05, 4.69) is 10.1 Å². The third-order valence-corrected chi connectivity index (χ3v) is 6.17. The van der Waals surface area contributed by atoms with Crippen LogP contribution < -0.4 is 4.90 Å². The second kappa shape index (κ2) is 8.67. The number of aromatic nitrogens is 4. The number of halogens is 1. The molecule has 1 fully saturated rings. The molecule has 31 heavy (non-hydrogen) atoms. The van der Waals surface area contributed by atoms with Gasteiger partial charge in [0.2, 0.25) is 5.95 Å². The summed E-state index contributed by atoms with van der Waals surface area (Å²) >= 11 is 6.09. The average Bonchev–Trinajstić information content (AvgIpc) is 3.11. The smallest absolute Gasteiger partial charge is 0.257 e. The number of likely N-dealkylation sites (tertiary alicyclic amines) is 1. The lowest BCUT2D eigenvalue weighted by atomic mass is 9.89. The van der Waals surface area contributed by atoms with Crippen LogP contribution in [0.25, 0.3) is 11.1 Å². The van der Waals surface area contributed by atoms with E-state index in [1.165, 1.54) is 0 Å².